The Balaban J connectivity index is 1.51. The molecule has 230 valence electrons. The second-order valence-electron chi connectivity index (χ2n) is 11.7. The normalized spacial score (nSPS) is 32.8. The zero-order chi connectivity index (χ0) is 31.0. The van der Waals surface area contributed by atoms with Crippen molar-refractivity contribution >= 4 is 21.8 Å². The van der Waals surface area contributed by atoms with Gasteiger partial charge in [0.05, 0.1) is 12.7 Å². The number of nitrogens with zero attached hydrogens (tertiary/aromatic N) is 1. The van der Waals surface area contributed by atoms with Crippen LogP contribution in [0.1, 0.15) is 38.3 Å². The van der Waals surface area contributed by atoms with Crippen LogP contribution >= 0.6 is 0 Å². The molecule has 1 aromatic heterocycles. The highest BCUT2D eigenvalue weighted by atomic mass is 16.5. The fraction of sp³-hybridized carbons (Fsp3) is 0.515. The van der Waals surface area contributed by atoms with Gasteiger partial charge in [-0.25, -0.2) is 0 Å². The zero-order valence-corrected chi connectivity index (χ0v) is 24.3. The Hall–Kier alpha value is -3.00. The number of hydrogen-bond acceptors (Lipinski definition) is 9. The van der Waals surface area contributed by atoms with Crippen LogP contribution in [0.3, 0.4) is 0 Å². The van der Waals surface area contributed by atoms with Crippen molar-refractivity contribution in [2.24, 2.45) is 5.92 Å². The van der Waals surface area contributed by atoms with E-state index in [1.807, 2.05) is 43.3 Å². The van der Waals surface area contributed by atoms with Crippen LogP contribution in [0.5, 0.6) is 0 Å². The zero-order valence-electron chi connectivity index (χ0n) is 24.3. The van der Waals surface area contributed by atoms with Crippen LogP contribution in [0.4, 0.5) is 0 Å². The van der Waals surface area contributed by atoms with Crippen molar-refractivity contribution in [3.63, 3.8) is 0 Å². The van der Waals surface area contributed by atoms with Gasteiger partial charge in [-0.1, -0.05) is 44.5 Å². The molecule has 2 aromatic carbocycles. The standard InChI is InChI=1S/C33H39NO9/c1-4-24-28(36)32(40)29(37)25(42-24)11-7-18-5-9-22-20(13-18)21-14-19(6-10-23(21)34(22)15-17(2)3)8-12-26-30(38)33(41)31(39)27(16-35)43-26/h5-6,9-10,13-14,17,24-33,35-41H,4,15-16H2,1-3H3/t24-,25-,26-,27-,28-,29-,30-,31-,32+,33-/m1/s1. The smallest absolute Gasteiger partial charge is 0.147 e. The molecule has 0 spiro atoms. The molecule has 2 saturated heterocycles. The Labute approximate surface area is 250 Å². The minimum atomic E-state index is -1.50. The van der Waals surface area contributed by atoms with Crippen molar-refractivity contribution in [2.75, 3.05) is 6.61 Å². The van der Waals surface area contributed by atoms with Gasteiger partial charge in [-0.3, -0.25) is 0 Å². The van der Waals surface area contributed by atoms with Gasteiger partial charge in [0.1, 0.15) is 54.9 Å². The monoisotopic (exact) mass is 593 g/mol. The van der Waals surface area contributed by atoms with Gasteiger partial charge >= 0.3 is 0 Å². The maximum Gasteiger partial charge on any atom is 0.147 e. The molecule has 10 heteroatoms. The Kier molecular flexibility index (Phi) is 9.45. The van der Waals surface area contributed by atoms with Crippen LogP contribution in [0.25, 0.3) is 21.8 Å². The van der Waals surface area contributed by atoms with E-state index in [4.69, 9.17) is 9.47 Å². The molecule has 43 heavy (non-hydrogen) atoms. The number of aromatic nitrogens is 1. The van der Waals surface area contributed by atoms with Gasteiger partial charge in [-0.05, 0) is 48.7 Å². The molecule has 7 N–H and O–H groups in total. The van der Waals surface area contributed by atoms with Crippen molar-refractivity contribution in [3.8, 4) is 23.7 Å². The number of aliphatic hydroxyl groups is 7. The van der Waals surface area contributed by atoms with Gasteiger partial charge < -0.3 is 49.8 Å². The molecule has 0 bridgehead atoms. The third-order valence-electron chi connectivity index (χ3n) is 8.14. The lowest BCUT2D eigenvalue weighted by Crippen LogP contribution is -2.58. The minimum Gasteiger partial charge on any atom is -0.394 e. The van der Waals surface area contributed by atoms with Gasteiger partial charge in [-0.15, -0.1) is 0 Å². The first kappa shape index (κ1) is 31.4. The Bertz CT molecular complexity index is 1460. The van der Waals surface area contributed by atoms with E-state index in [1.165, 1.54) is 0 Å². The van der Waals surface area contributed by atoms with Crippen molar-refractivity contribution in [1.82, 2.24) is 4.57 Å². The van der Waals surface area contributed by atoms with Crippen LogP contribution in [0, 0.1) is 29.6 Å². The number of benzene rings is 2. The summed E-state index contributed by atoms with van der Waals surface area (Å²) in [4.78, 5) is 0. The van der Waals surface area contributed by atoms with Crippen LogP contribution in [0.15, 0.2) is 36.4 Å². The quantitative estimate of drug-likeness (QED) is 0.210. The molecule has 0 aliphatic carbocycles. The highest BCUT2D eigenvalue weighted by Gasteiger charge is 2.43. The van der Waals surface area contributed by atoms with E-state index in [9.17, 15) is 35.7 Å². The molecule has 0 saturated carbocycles. The van der Waals surface area contributed by atoms with Crippen molar-refractivity contribution < 1.29 is 45.2 Å². The molecule has 0 radical (unpaired) electrons. The number of hydrogen-bond donors (Lipinski definition) is 7. The fourth-order valence-electron chi connectivity index (χ4n) is 5.76. The van der Waals surface area contributed by atoms with E-state index in [0.717, 1.165) is 28.4 Å². The largest absolute Gasteiger partial charge is 0.394 e. The number of rotatable bonds is 4. The summed E-state index contributed by atoms with van der Waals surface area (Å²) in [6.45, 7) is 6.36. The van der Waals surface area contributed by atoms with E-state index >= 15 is 0 Å². The maximum atomic E-state index is 10.4. The molecule has 0 unspecified atom stereocenters. The second-order valence-corrected chi connectivity index (χ2v) is 11.7. The van der Waals surface area contributed by atoms with E-state index < -0.39 is 67.6 Å². The number of fused-ring (bicyclic) bond motifs is 3. The summed E-state index contributed by atoms with van der Waals surface area (Å²) < 4.78 is 13.5. The van der Waals surface area contributed by atoms with Crippen molar-refractivity contribution in [3.05, 3.63) is 47.5 Å². The topological polar surface area (TPSA) is 165 Å². The molecule has 0 amide bonds. The predicted molar refractivity (Wildman–Crippen MR) is 159 cm³/mol. The molecular weight excluding hydrogens is 554 g/mol. The molecule has 3 heterocycles. The first-order valence-electron chi connectivity index (χ1n) is 14.6. The fourth-order valence-corrected chi connectivity index (χ4v) is 5.76. The van der Waals surface area contributed by atoms with Crippen LogP contribution in [0.2, 0.25) is 0 Å². The molecule has 2 aliphatic heterocycles. The van der Waals surface area contributed by atoms with Crippen LogP contribution in [-0.2, 0) is 16.0 Å². The van der Waals surface area contributed by atoms with Crippen molar-refractivity contribution in [1.29, 1.82) is 0 Å². The molecular formula is C33H39NO9. The molecule has 10 atom stereocenters. The average Bonchev–Trinajstić information content (AvgIpc) is 3.29. The van der Waals surface area contributed by atoms with Gasteiger partial charge in [0, 0.05) is 39.5 Å². The molecule has 5 rings (SSSR count). The van der Waals surface area contributed by atoms with E-state index in [1.54, 1.807) is 0 Å². The lowest BCUT2D eigenvalue weighted by molar-refractivity contribution is -0.214. The highest BCUT2D eigenvalue weighted by Crippen LogP contribution is 2.32. The predicted octanol–water partition coefficient (Wildman–Crippen LogP) is 0.256. The first-order valence-corrected chi connectivity index (χ1v) is 14.6. The van der Waals surface area contributed by atoms with Gasteiger partial charge in [-0.2, -0.15) is 0 Å². The first-order chi connectivity index (χ1) is 20.5. The Morgan fingerprint density at radius 1 is 0.698 bits per heavy atom. The number of aliphatic hydroxyl groups excluding tert-OH is 7. The lowest BCUT2D eigenvalue weighted by Gasteiger charge is -2.38. The molecule has 3 aromatic rings. The Morgan fingerprint density at radius 3 is 1.60 bits per heavy atom. The summed E-state index contributed by atoms with van der Waals surface area (Å²) in [6, 6.07) is 11.6. The summed E-state index contributed by atoms with van der Waals surface area (Å²) in [6.07, 6.45) is -11.5. The summed E-state index contributed by atoms with van der Waals surface area (Å²) in [5.74, 6) is 12.2. The summed E-state index contributed by atoms with van der Waals surface area (Å²) in [5, 5.41) is 72.7. The van der Waals surface area contributed by atoms with Gasteiger partial charge in [0.2, 0.25) is 0 Å². The SMILES string of the molecule is CC[C@H]1O[C@H](C#Cc2ccc3c(c2)c2cc(C#C[C@H]4O[C@H](CO)[C@@H](O)[C@H](O)[C@@H]4O)ccc2n3CC(C)C)[C@@H](O)[C@@H](O)[C@@H]1O. The lowest BCUT2D eigenvalue weighted by atomic mass is 9.94. The van der Waals surface area contributed by atoms with Crippen molar-refractivity contribution in [2.45, 2.75) is 94.8 Å². The third kappa shape index (κ3) is 6.17. The molecule has 10 nitrogen and oxygen atoms in total. The van der Waals surface area contributed by atoms with Gasteiger partial charge in [0.15, 0.2) is 0 Å². The second kappa shape index (κ2) is 12.9. The molecule has 2 aliphatic rings. The summed E-state index contributed by atoms with van der Waals surface area (Å²) in [5.41, 5.74) is 3.33. The number of ether oxygens (including phenoxy) is 2. The van der Waals surface area contributed by atoms with E-state index in [2.05, 4.69) is 42.1 Å². The highest BCUT2D eigenvalue weighted by molar-refractivity contribution is 6.09. The average molecular weight is 594 g/mol. The Morgan fingerprint density at radius 2 is 1.16 bits per heavy atom. The summed E-state index contributed by atoms with van der Waals surface area (Å²) in [7, 11) is 0. The molecule has 2 fully saturated rings. The third-order valence-corrected chi connectivity index (χ3v) is 8.14. The van der Waals surface area contributed by atoms with Crippen LogP contribution in [-0.4, -0.2) is 108 Å². The minimum absolute atomic E-state index is 0.377. The van der Waals surface area contributed by atoms with E-state index in [-0.39, 0.29) is 0 Å². The summed E-state index contributed by atoms with van der Waals surface area (Å²) >= 11 is 0. The van der Waals surface area contributed by atoms with Gasteiger partial charge in [0.25, 0.3) is 0 Å². The maximum absolute atomic E-state index is 10.4. The van der Waals surface area contributed by atoms with E-state index in [0.29, 0.717) is 23.5 Å². The van der Waals surface area contributed by atoms with Crippen LogP contribution < -0.4 is 0 Å².